The zero-order chi connectivity index (χ0) is 19.4. The first-order valence-corrected chi connectivity index (χ1v) is 9.69. The van der Waals surface area contributed by atoms with Gasteiger partial charge in [-0.15, -0.1) is 0 Å². The molecule has 148 valence electrons. The number of nitrogens with one attached hydrogen (secondary N) is 1. The van der Waals surface area contributed by atoms with Crippen molar-refractivity contribution in [2.45, 2.75) is 6.42 Å². The van der Waals surface area contributed by atoms with Gasteiger partial charge in [0.25, 0.3) is 0 Å². The van der Waals surface area contributed by atoms with Crippen LogP contribution in [-0.4, -0.2) is 93.5 Å². The molecule has 2 aliphatic heterocycles. The molecule has 0 aliphatic carbocycles. The van der Waals surface area contributed by atoms with Crippen LogP contribution in [0.1, 0.15) is 6.42 Å². The Kier molecular flexibility index (Phi) is 6.34. The monoisotopic (exact) mass is 373 g/mol. The van der Waals surface area contributed by atoms with Crippen LogP contribution in [0.3, 0.4) is 0 Å². The van der Waals surface area contributed by atoms with Crippen LogP contribution in [0.2, 0.25) is 0 Å². The third-order valence-electron chi connectivity index (χ3n) is 5.41. The standard InChI is InChI=1S/C20H31N5O2/c1-22(2)8-11-25-15-16(14-19(25)26)20(27)21-17-4-6-18(7-5-17)24-12-9-23(3)10-13-24/h4-7,16H,8-15H2,1-3H3,(H,21,27). The molecule has 1 aromatic rings. The molecule has 0 saturated carbocycles. The number of nitrogens with zero attached hydrogens (tertiary/aromatic N) is 4. The van der Waals surface area contributed by atoms with Gasteiger partial charge in [0.1, 0.15) is 0 Å². The third kappa shape index (κ3) is 5.20. The smallest absolute Gasteiger partial charge is 0.229 e. The molecule has 2 amide bonds. The van der Waals surface area contributed by atoms with Crippen LogP contribution < -0.4 is 10.2 Å². The highest BCUT2D eigenvalue weighted by molar-refractivity contribution is 5.97. The molecule has 0 aromatic heterocycles. The second-order valence-electron chi connectivity index (χ2n) is 7.87. The first-order chi connectivity index (χ1) is 12.9. The molecule has 2 fully saturated rings. The summed E-state index contributed by atoms with van der Waals surface area (Å²) in [6.45, 7) is 6.18. The number of benzene rings is 1. The van der Waals surface area contributed by atoms with Gasteiger partial charge in [-0.1, -0.05) is 0 Å². The number of hydrogen-bond acceptors (Lipinski definition) is 5. The summed E-state index contributed by atoms with van der Waals surface area (Å²) in [5, 5.41) is 2.97. The molecule has 0 radical (unpaired) electrons. The fourth-order valence-electron chi connectivity index (χ4n) is 3.55. The van der Waals surface area contributed by atoms with E-state index < -0.39 is 0 Å². The van der Waals surface area contributed by atoms with Gasteiger partial charge in [-0.2, -0.15) is 0 Å². The van der Waals surface area contributed by atoms with Gasteiger partial charge in [0.2, 0.25) is 11.8 Å². The Morgan fingerprint density at radius 2 is 1.81 bits per heavy atom. The SMILES string of the molecule is CN(C)CCN1CC(C(=O)Nc2ccc(N3CCN(C)CC3)cc2)CC1=O. The summed E-state index contributed by atoms with van der Waals surface area (Å²) < 4.78 is 0. The van der Waals surface area contributed by atoms with Crippen molar-refractivity contribution in [2.24, 2.45) is 5.92 Å². The van der Waals surface area contributed by atoms with Crippen molar-refractivity contribution in [2.75, 3.05) is 77.2 Å². The molecule has 1 unspecified atom stereocenters. The molecular formula is C20H31N5O2. The summed E-state index contributed by atoms with van der Waals surface area (Å²) >= 11 is 0. The number of likely N-dealkylation sites (N-methyl/N-ethyl adjacent to an activating group) is 2. The maximum atomic E-state index is 12.6. The summed E-state index contributed by atoms with van der Waals surface area (Å²) in [5.74, 6) is -0.262. The molecule has 3 rings (SSSR count). The van der Waals surface area contributed by atoms with E-state index in [9.17, 15) is 9.59 Å². The Morgan fingerprint density at radius 1 is 1.15 bits per heavy atom. The maximum absolute atomic E-state index is 12.6. The third-order valence-corrected chi connectivity index (χ3v) is 5.41. The van der Waals surface area contributed by atoms with Crippen molar-refractivity contribution < 1.29 is 9.59 Å². The minimum absolute atomic E-state index is 0.0666. The zero-order valence-electron chi connectivity index (χ0n) is 16.6. The number of carbonyl (C=O) groups excluding carboxylic acids is 2. The van der Waals surface area contributed by atoms with Crippen LogP contribution >= 0.6 is 0 Å². The molecule has 7 heteroatoms. The molecule has 0 bridgehead atoms. The summed E-state index contributed by atoms with van der Waals surface area (Å²) in [5.41, 5.74) is 1.98. The molecule has 27 heavy (non-hydrogen) atoms. The van der Waals surface area contributed by atoms with E-state index in [1.165, 1.54) is 5.69 Å². The lowest BCUT2D eigenvalue weighted by Crippen LogP contribution is -2.44. The van der Waals surface area contributed by atoms with Crippen LogP contribution in [0.5, 0.6) is 0 Å². The lowest BCUT2D eigenvalue weighted by Gasteiger charge is -2.34. The molecular weight excluding hydrogens is 342 g/mol. The Bertz CT molecular complexity index is 653. The first-order valence-electron chi connectivity index (χ1n) is 9.69. The van der Waals surface area contributed by atoms with Crippen molar-refractivity contribution in [3.05, 3.63) is 24.3 Å². The second kappa shape index (κ2) is 8.71. The molecule has 2 heterocycles. The number of carbonyl (C=O) groups is 2. The van der Waals surface area contributed by atoms with E-state index >= 15 is 0 Å². The van der Waals surface area contributed by atoms with E-state index in [1.807, 2.05) is 31.1 Å². The molecule has 7 nitrogen and oxygen atoms in total. The molecule has 1 N–H and O–H groups in total. The van der Waals surface area contributed by atoms with Gasteiger partial charge in [0, 0.05) is 63.6 Å². The van der Waals surface area contributed by atoms with Crippen LogP contribution in [0.15, 0.2) is 24.3 Å². The Morgan fingerprint density at radius 3 is 2.44 bits per heavy atom. The van der Waals surface area contributed by atoms with E-state index in [2.05, 4.69) is 34.3 Å². The second-order valence-corrected chi connectivity index (χ2v) is 7.87. The number of hydrogen-bond donors (Lipinski definition) is 1. The lowest BCUT2D eigenvalue weighted by atomic mass is 10.1. The van der Waals surface area contributed by atoms with E-state index in [4.69, 9.17) is 0 Å². The fraction of sp³-hybridized carbons (Fsp3) is 0.600. The molecule has 1 aromatic carbocycles. The van der Waals surface area contributed by atoms with Crippen LogP contribution in [0.4, 0.5) is 11.4 Å². The van der Waals surface area contributed by atoms with E-state index in [-0.39, 0.29) is 17.7 Å². The van der Waals surface area contributed by atoms with Gasteiger partial charge in [0.15, 0.2) is 0 Å². The summed E-state index contributed by atoms with van der Waals surface area (Å²) in [7, 11) is 6.11. The Hall–Kier alpha value is -2.12. The van der Waals surface area contributed by atoms with Gasteiger partial charge >= 0.3 is 0 Å². The highest BCUT2D eigenvalue weighted by Crippen LogP contribution is 2.22. The Labute approximate surface area is 161 Å². The zero-order valence-corrected chi connectivity index (χ0v) is 16.6. The summed E-state index contributed by atoms with van der Waals surface area (Å²) in [6, 6.07) is 8.02. The molecule has 1 atom stereocenters. The number of amides is 2. The van der Waals surface area contributed by atoms with Crippen LogP contribution in [0, 0.1) is 5.92 Å². The topological polar surface area (TPSA) is 59.1 Å². The van der Waals surface area contributed by atoms with Crippen LogP contribution in [-0.2, 0) is 9.59 Å². The molecule has 2 saturated heterocycles. The van der Waals surface area contributed by atoms with Crippen molar-refractivity contribution in [1.82, 2.24) is 14.7 Å². The number of rotatable bonds is 6. The van der Waals surface area contributed by atoms with Gasteiger partial charge in [0.05, 0.1) is 5.92 Å². The lowest BCUT2D eigenvalue weighted by molar-refractivity contribution is -0.128. The molecule has 0 spiro atoms. The quantitative estimate of drug-likeness (QED) is 0.799. The normalized spacial score (nSPS) is 21.2. The minimum atomic E-state index is -0.267. The van der Waals surface area contributed by atoms with Crippen molar-refractivity contribution in [1.29, 1.82) is 0 Å². The van der Waals surface area contributed by atoms with Crippen molar-refractivity contribution in [3.63, 3.8) is 0 Å². The van der Waals surface area contributed by atoms with Gasteiger partial charge in [-0.25, -0.2) is 0 Å². The molecule has 2 aliphatic rings. The fourth-order valence-corrected chi connectivity index (χ4v) is 3.55. The predicted molar refractivity (Wildman–Crippen MR) is 108 cm³/mol. The number of likely N-dealkylation sites (tertiary alicyclic amines) is 1. The number of anilines is 2. The minimum Gasteiger partial charge on any atom is -0.369 e. The highest BCUT2D eigenvalue weighted by atomic mass is 16.2. The average molecular weight is 374 g/mol. The van der Waals surface area contributed by atoms with Crippen molar-refractivity contribution in [3.8, 4) is 0 Å². The summed E-state index contributed by atoms with van der Waals surface area (Å²) in [4.78, 5) is 33.2. The Balaban J connectivity index is 1.51. The highest BCUT2D eigenvalue weighted by Gasteiger charge is 2.34. The predicted octanol–water partition coefficient (Wildman–Crippen LogP) is 0.787. The summed E-state index contributed by atoms with van der Waals surface area (Å²) in [6.07, 6.45) is 0.304. The number of piperazine rings is 1. The maximum Gasteiger partial charge on any atom is 0.229 e. The van der Waals surface area contributed by atoms with Gasteiger partial charge in [-0.05, 0) is 45.4 Å². The van der Waals surface area contributed by atoms with Crippen molar-refractivity contribution >= 4 is 23.2 Å². The first kappa shape index (κ1) is 19.6. The van der Waals surface area contributed by atoms with E-state index in [1.54, 1.807) is 4.90 Å². The largest absolute Gasteiger partial charge is 0.369 e. The average Bonchev–Trinajstić information content (AvgIpc) is 3.02. The van der Waals surface area contributed by atoms with Gasteiger partial charge in [-0.3, -0.25) is 9.59 Å². The van der Waals surface area contributed by atoms with Gasteiger partial charge < -0.3 is 24.9 Å². The van der Waals surface area contributed by atoms with E-state index in [0.29, 0.717) is 19.5 Å². The van der Waals surface area contributed by atoms with E-state index in [0.717, 1.165) is 38.4 Å². The van der Waals surface area contributed by atoms with Crippen LogP contribution in [0.25, 0.3) is 0 Å².